The lowest BCUT2D eigenvalue weighted by molar-refractivity contribution is -0.142. The van der Waals surface area contributed by atoms with Crippen LogP contribution in [0.15, 0.2) is 24.3 Å². The van der Waals surface area contributed by atoms with Crippen LogP contribution in [0.3, 0.4) is 0 Å². The number of amides is 1. The quantitative estimate of drug-likeness (QED) is 0.849. The van der Waals surface area contributed by atoms with Crippen molar-refractivity contribution in [1.82, 2.24) is 4.90 Å². The minimum absolute atomic E-state index is 0.215. The van der Waals surface area contributed by atoms with Crippen molar-refractivity contribution >= 4 is 5.91 Å². The van der Waals surface area contributed by atoms with Gasteiger partial charge in [-0.3, -0.25) is 4.79 Å². The molecule has 5 heteroatoms. The summed E-state index contributed by atoms with van der Waals surface area (Å²) in [6, 6.07) is 8.28. The molecule has 1 amide bonds. The van der Waals surface area contributed by atoms with E-state index in [0.717, 1.165) is 0 Å². The van der Waals surface area contributed by atoms with E-state index in [1.165, 1.54) is 17.0 Å². The van der Waals surface area contributed by atoms with Gasteiger partial charge in [0.1, 0.15) is 11.2 Å². The molecule has 0 N–H and O–H groups in total. The van der Waals surface area contributed by atoms with E-state index in [2.05, 4.69) is 6.07 Å². The van der Waals surface area contributed by atoms with Crippen molar-refractivity contribution in [3.63, 3.8) is 0 Å². The maximum Gasteiger partial charge on any atom is 0.243 e. The molecule has 1 aliphatic rings. The summed E-state index contributed by atoms with van der Waals surface area (Å²) < 4.78 is 18.4. The second kappa shape index (κ2) is 6.02. The Bertz CT molecular complexity index is 533. The monoisotopic (exact) mass is 276 g/mol. The first kappa shape index (κ1) is 14.5. The number of halogens is 1. The number of carbonyl (C=O) groups excluding carboxylic acids is 1. The highest BCUT2D eigenvalue weighted by Crippen LogP contribution is 2.32. The van der Waals surface area contributed by atoms with E-state index >= 15 is 0 Å². The number of ether oxygens (including phenoxy) is 1. The number of hydrogen-bond acceptors (Lipinski definition) is 3. The van der Waals surface area contributed by atoms with Gasteiger partial charge in [0.15, 0.2) is 0 Å². The predicted molar refractivity (Wildman–Crippen MR) is 71.0 cm³/mol. The van der Waals surface area contributed by atoms with E-state index in [0.29, 0.717) is 38.2 Å². The largest absolute Gasteiger partial charge is 0.381 e. The lowest BCUT2D eigenvalue weighted by Gasteiger charge is -2.33. The van der Waals surface area contributed by atoms with E-state index in [1.54, 1.807) is 19.2 Å². The van der Waals surface area contributed by atoms with E-state index < -0.39 is 5.41 Å². The molecule has 0 atom stereocenters. The Hall–Kier alpha value is -1.93. The molecule has 4 nitrogen and oxygen atoms in total. The summed E-state index contributed by atoms with van der Waals surface area (Å²) in [5.74, 6) is -0.544. The minimum Gasteiger partial charge on any atom is -0.381 e. The van der Waals surface area contributed by atoms with Gasteiger partial charge in [-0.05, 0) is 30.5 Å². The molecule has 0 aromatic heterocycles. The van der Waals surface area contributed by atoms with Crippen molar-refractivity contribution in [2.45, 2.75) is 19.4 Å². The Morgan fingerprint density at radius 1 is 1.50 bits per heavy atom. The molecule has 0 bridgehead atoms. The van der Waals surface area contributed by atoms with E-state index in [-0.39, 0.29) is 11.7 Å². The van der Waals surface area contributed by atoms with Gasteiger partial charge in [-0.25, -0.2) is 4.39 Å². The smallest absolute Gasteiger partial charge is 0.243 e. The zero-order valence-electron chi connectivity index (χ0n) is 11.4. The van der Waals surface area contributed by atoms with Gasteiger partial charge >= 0.3 is 0 Å². The van der Waals surface area contributed by atoms with Crippen LogP contribution in [0.25, 0.3) is 0 Å². The third-order valence-corrected chi connectivity index (χ3v) is 3.63. The number of nitriles is 1. The maximum absolute atomic E-state index is 13.1. The van der Waals surface area contributed by atoms with Gasteiger partial charge in [-0.15, -0.1) is 0 Å². The van der Waals surface area contributed by atoms with Crippen LogP contribution in [0.2, 0.25) is 0 Å². The molecule has 0 radical (unpaired) electrons. The fourth-order valence-corrected chi connectivity index (χ4v) is 2.44. The van der Waals surface area contributed by atoms with Crippen molar-refractivity contribution < 1.29 is 13.9 Å². The molecule has 1 aromatic rings. The average molecular weight is 276 g/mol. The van der Waals surface area contributed by atoms with Crippen molar-refractivity contribution in [3.05, 3.63) is 35.6 Å². The van der Waals surface area contributed by atoms with Crippen LogP contribution in [0, 0.1) is 22.6 Å². The predicted octanol–water partition coefficient (Wildman–Crippen LogP) is 2.10. The van der Waals surface area contributed by atoms with Crippen LogP contribution < -0.4 is 0 Å². The molecule has 1 fully saturated rings. The molecule has 1 aliphatic heterocycles. The Morgan fingerprint density at radius 2 is 2.20 bits per heavy atom. The number of benzene rings is 1. The van der Waals surface area contributed by atoms with Gasteiger partial charge in [0.25, 0.3) is 0 Å². The Kier molecular flexibility index (Phi) is 4.35. The fraction of sp³-hybridized carbons (Fsp3) is 0.467. The molecular weight excluding hydrogens is 259 g/mol. The molecule has 0 spiro atoms. The van der Waals surface area contributed by atoms with Gasteiger partial charge in [0.05, 0.1) is 6.07 Å². The summed E-state index contributed by atoms with van der Waals surface area (Å²) >= 11 is 0. The number of rotatable bonds is 3. The van der Waals surface area contributed by atoms with Crippen LogP contribution in [0.5, 0.6) is 0 Å². The third-order valence-electron chi connectivity index (χ3n) is 3.63. The van der Waals surface area contributed by atoms with Gasteiger partial charge in [-0.1, -0.05) is 12.1 Å². The summed E-state index contributed by atoms with van der Waals surface area (Å²) in [6.45, 7) is 1.14. The molecule has 2 rings (SSSR count). The van der Waals surface area contributed by atoms with Crippen molar-refractivity contribution in [2.75, 3.05) is 20.3 Å². The maximum atomic E-state index is 13.1. The number of carbonyl (C=O) groups is 1. The van der Waals surface area contributed by atoms with Gasteiger partial charge in [0.2, 0.25) is 5.91 Å². The van der Waals surface area contributed by atoms with Crippen LogP contribution in [0.1, 0.15) is 18.4 Å². The summed E-state index contributed by atoms with van der Waals surface area (Å²) in [7, 11) is 1.64. The van der Waals surface area contributed by atoms with Gasteiger partial charge in [-0.2, -0.15) is 5.26 Å². The van der Waals surface area contributed by atoms with E-state index in [9.17, 15) is 14.4 Å². The molecule has 0 unspecified atom stereocenters. The fourth-order valence-electron chi connectivity index (χ4n) is 2.44. The molecule has 1 heterocycles. The standard InChI is InChI=1S/C15H17FN2O2/c1-18(10-12-3-2-4-13(16)9-12)14(19)15(11-17)5-7-20-8-6-15/h2-4,9H,5-8,10H2,1H3. The Labute approximate surface area is 117 Å². The van der Waals surface area contributed by atoms with Gasteiger partial charge < -0.3 is 9.64 Å². The van der Waals surface area contributed by atoms with Crippen LogP contribution >= 0.6 is 0 Å². The first-order chi connectivity index (χ1) is 9.57. The number of nitrogens with zero attached hydrogens (tertiary/aromatic N) is 2. The Balaban J connectivity index is 2.10. The second-order valence-corrected chi connectivity index (χ2v) is 5.10. The summed E-state index contributed by atoms with van der Waals surface area (Å²) in [5, 5.41) is 9.36. The zero-order valence-corrected chi connectivity index (χ0v) is 11.4. The topological polar surface area (TPSA) is 53.3 Å². The first-order valence-electron chi connectivity index (χ1n) is 6.56. The Morgan fingerprint density at radius 3 is 2.80 bits per heavy atom. The molecule has 1 saturated heterocycles. The SMILES string of the molecule is CN(Cc1cccc(F)c1)C(=O)C1(C#N)CCOCC1. The number of hydrogen-bond donors (Lipinski definition) is 0. The second-order valence-electron chi connectivity index (χ2n) is 5.10. The van der Waals surface area contributed by atoms with Gasteiger partial charge in [0, 0.05) is 26.8 Å². The first-order valence-corrected chi connectivity index (χ1v) is 6.56. The average Bonchev–Trinajstić information content (AvgIpc) is 2.47. The summed E-state index contributed by atoms with van der Waals surface area (Å²) in [4.78, 5) is 14.0. The third kappa shape index (κ3) is 2.97. The summed E-state index contributed by atoms with van der Waals surface area (Å²) in [5.41, 5.74) is -0.290. The minimum atomic E-state index is -1.000. The molecular formula is C15H17FN2O2. The molecule has 1 aromatic carbocycles. The summed E-state index contributed by atoms with van der Waals surface area (Å²) in [6.07, 6.45) is 0.825. The highest BCUT2D eigenvalue weighted by molar-refractivity contribution is 5.85. The molecule has 106 valence electrons. The van der Waals surface area contributed by atoms with E-state index in [4.69, 9.17) is 4.74 Å². The highest BCUT2D eigenvalue weighted by atomic mass is 19.1. The van der Waals surface area contributed by atoms with Crippen LogP contribution in [-0.2, 0) is 16.1 Å². The zero-order chi connectivity index (χ0) is 14.6. The lowest BCUT2D eigenvalue weighted by atomic mass is 9.80. The van der Waals surface area contributed by atoms with Crippen molar-refractivity contribution in [2.24, 2.45) is 5.41 Å². The molecule has 20 heavy (non-hydrogen) atoms. The highest BCUT2D eigenvalue weighted by Gasteiger charge is 2.42. The lowest BCUT2D eigenvalue weighted by Crippen LogP contribution is -2.44. The van der Waals surface area contributed by atoms with E-state index in [1.807, 2.05) is 0 Å². The molecule has 0 aliphatic carbocycles. The van der Waals surface area contributed by atoms with Crippen molar-refractivity contribution in [1.29, 1.82) is 5.26 Å². The molecule has 0 saturated carbocycles. The normalized spacial score (nSPS) is 17.2. The van der Waals surface area contributed by atoms with Crippen LogP contribution in [-0.4, -0.2) is 31.1 Å². The van der Waals surface area contributed by atoms with Crippen molar-refractivity contribution in [3.8, 4) is 6.07 Å². The van der Waals surface area contributed by atoms with Crippen LogP contribution in [0.4, 0.5) is 4.39 Å².